The van der Waals surface area contributed by atoms with E-state index in [0.717, 1.165) is 16.5 Å². The molecule has 5 heteroatoms. The standard InChI is InChI=1S/C24H24FN3O/c1-15(2)12-23(24(29)27-18-9-10-21(25)16(3)13-18)28-22-11-8-17(14-26)19-6-4-5-7-20(19)22/h4-11,13,15,23,28H,12H2,1-3H3,(H,27,29)/t23-/m0/s1. The predicted molar refractivity (Wildman–Crippen MR) is 115 cm³/mol. The first kappa shape index (κ1) is 20.3. The van der Waals surface area contributed by atoms with Gasteiger partial charge in [0, 0.05) is 22.1 Å². The van der Waals surface area contributed by atoms with E-state index in [4.69, 9.17) is 0 Å². The number of fused-ring (bicyclic) bond motifs is 1. The fourth-order valence-electron chi connectivity index (χ4n) is 3.36. The van der Waals surface area contributed by atoms with Crippen molar-refractivity contribution < 1.29 is 9.18 Å². The molecule has 0 unspecified atom stereocenters. The van der Waals surface area contributed by atoms with E-state index in [9.17, 15) is 14.4 Å². The minimum atomic E-state index is -0.475. The molecular weight excluding hydrogens is 365 g/mol. The molecule has 1 amide bonds. The lowest BCUT2D eigenvalue weighted by Gasteiger charge is -2.22. The van der Waals surface area contributed by atoms with E-state index < -0.39 is 6.04 Å². The second-order valence-electron chi connectivity index (χ2n) is 7.60. The van der Waals surface area contributed by atoms with E-state index >= 15 is 0 Å². The quantitative estimate of drug-likeness (QED) is 0.575. The van der Waals surface area contributed by atoms with Crippen molar-refractivity contribution in [1.29, 1.82) is 5.26 Å². The highest BCUT2D eigenvalue weighted by Crippen LogP contribution is 2.28. The van der Waals surface area contributed by atoms with Crippen LogP contribution in [0.4, 0.5) is 15.8 Å². The molecule has 4 nitrogen and oxygen atoms in total. The minimum Gasteiger partial charge on any atom is -0.373 e. The van der Waals surface area contributed by atoms with Crippen LogP contribution in [-0.2, 0) is 4.79 Å². The maximum Gasteiger partial charge on any atom is 0.246 e. The predicted octanol–water partition coefficient (Wildman–Crippen LogP) is 5.62. The van der Waals surface area contributed by atoms with Gasteiger partial charge in [0.2, 0.25) is 5.91 Å². The van der Waals surface area contributed by atoms with Crippen molar-refractivity contribution in [1.82, 2.24) is 0 Å². The summed E-state index contributed by atoms with van der Waals surface area (Å²) in [4.78, 5) is 13.0. The summed E-state index contributed by atoms with van der Waals surface area (Å²) in [6.07, 6.45) is 0.625. The van der Waals surface area contributed by atoms with Gasteiger partial charge in [0.05, 0.1) is 11.6 Å². The zero-order valence-electron chi connectivity index (χ0n) is 16.8. The van der Waals surface area contributed by atoms with Gasteiger partial charge in [0.25, 0.3) is 0 Å². The Labute approximate surface area is 170 Å². The van der Waals surface area contributed by atoms with Gasteiger partial charge in [-0.05, 0) is 55.2 Å². The lowest BCUT2D eigenvalue weighted by molar-refractivity contribution is -0.117. The van der Waals surface area contributed by atoms with Crippen molar-refractivity contribution in [3.8, 4) is 6.07 Å². The van der Waals surface area contributed by atoms with Crippen LogP contribution in [-0.4, -0.2) is 11.9 Å². The highest BCUT2D eigenvalue weighted by molar-refractivity contribution is 6.01. The van der Waals surface area contributed by atoms with Crippen LogP contribution in [0.2, 0.25) is 0 Å². The number of hydrogen-bond acceptors (Lipinski definition) is 3. The SMILES string of the molecule is Cc1cc(NC(=O)[C@H](CC(C)C)Nc2ccc(C#N)c3ccccc23)ccc1F. The van der Waals surface area contributed by atoms with Gasteiger partial charge in [-0.15, -0.1) is 0 Å². The Hall–Kier alpha value is -3.39. The summed E-state index contributed by atoms with van der Waals surface area (Å²) in [6, 6.07) is 17.5. The number of nitrogens with zero attached hydrogens (tertiary/aromatic N) is 1. The van der Waals surface area contributed by atoms with Crippen LogP contribution in [0.5, 0.6) is 0 Å². The molecular formula is C24H24FN3O. The molecule has 0 radical (unpaired) electrons. The Balaban J connectivity index is 1.90. The zero-order valence-corrected chi connectivity index (χ0v) is 16.8. The molecule has 3 aromatic rings. The van der Waals surface area contributed by atoms with Gasteiger partial charge in [0.1, 0.15) is 11.9 Å². The largest absolute Gasteiger partial charge is 0.373 e. The number of anilines is 2. The molecule has 3 rings (SSSR count). The van der Waals surface area contributed by atoms with E-state index in [1.165, 1.54) is 6.07 Å². The molecule has 0 aromatic heterocycles. The molecule has 0 heterocycles. The van der Waals surface area contributed by atoms with Crippen LogP contribution in [0.15, 0.2) is 54.6 Å². The molecule has 0 spiro atoms. The van der Waals surface area contributed by atoms with Gasteiger partial charge in [-0.1, -0.05) is 38.1 Å². The molecule has 148 valence electrons. The van der Waals surface area contributed by atoms with Crippen molar-refractivity contribution in [2.45, 2.75) is 33.2 Å². The summed E-state index contributed by atoms with van der Waals surface area (Å²) >= 11 is 0. The summed E-state index contributed by atoms with van der Waals surface area (Å²) in [5.41, 5.74) is 2.44. The summed E-state index contributed by atoms with van der Waals surface area (Å²) < 4.78 is 13.5. The maximum atomic E-state index is 13.5. The van der Waals surface area contributed by atoms with Crippen LogP contribution in [0.25, 0.3) is 10.8 Å². The Morgan fingerprint density at radius 1 is 1.10 bits per heavy atom. The first-order valence-corrected chi connectivity index (χ1v) is 9.64. The lowest BCUT2D eigenvalue weighted by atomic mass is 10.00. The first-order valence-electron chi connectivity index (χ1n) is 9.64. The number of nitrogens with one attached hydrogen (secondary N) is 2. The van der Waals surface area contributed by atoms with Gasteiger partial charge in [-0.3, -0.25) is 4.79 Å². The van der Waals surface area contributed by atoms with Crippen molar-refractivity contribution in [3.05, 3.63) is 71.5 Å². The molecule has 29 heavy (non-hydrogen) atoms. The molecule has 1 atom stereocenters. The zero-order chi connectivity index (χ0) is 21.0. The van der Waals surface area contributed by atoms with Crippen molar-refractivity contribution in [3.63, 3.8) is 0 Å². The van der Waals surface area contributed by atoms with Crippen LogP contribution in [0, 0.1) is 30.0 Å². The lowest BCUT2D eigenvalue weighted by Crippen LogP contribution is -2.36. The van der Waals surface area contributed by atoms with Gasteiger partial charge in [0.15, 0.2) is 0 Å². The Morgan fingerprint density at radius 2 is 1.83 bits per heavy atom. The number of amides is 1. The average molecular weight is 389 g/mol. The minimum absolute atomic E-state index is 0.182. The highest BCUT2D eigenvalue weighted by atomic mass is 19.1. The molecule has 0 saturated carbocycles. The van der Waals surface area contributed by atoms with Crippen molar-refractivity contribution >= 4 is 28.1 Å². The molecule has 3 aromatic carbocycles. The highest BCUT2D eigenvalue weighted by Gasteiger charge is 2.21. The second kappa shape index (κ2) is 8.74. The number of hydrogen-bond donors (Lipinski definition) is 2. The average Bonchev–Trinajstić information content (AvgIpc) is 2.70. The number of carbonyl (C=O) groups is 1. The van der Waals surface area contributed by atoms with E-state index in [2.05, 4.69) is 30.6 Å². The summed E-state index contributed by atoms with van der Waals surface area (Å²) in [5.74, 6) is -0.195. The van der Waals surface area contributed by atoms with Crippen molar-refractivity contribution in [2.75, 3.05) is 10.6 Å². The summed E-state index contributed by atoms with van der Waals surface area (Å²) in [7, 11) is 0. The Morgan fingerprint density at radius 3 is 2.48 bits per heavy atom. The van der Waals surface area contributed by atoms with Crippen LogP contribution in [0.3, 0.4) is 0 Å². The van der Waals surface area contributed by atoms with Crippen LogP contribution in [0.1, 0.15) is 31.4 Å². The number of rotatable bonds is 6. The number of benzene rings is 3. The molecule has 0 aliphatic heterocycles. The topological polar surface area (TPSA) is 64.9 Å². The number of nitriles is 1. The summed E-state index contributed by atoms with van der Waals surface area (Å²) in [5, 5.41) is 17.3. The fourth-order valence-corrected chi connectivity index (χ4v) is 3.36. The van der Waals surface area contributed by atoms with Crippen LogP contribution < -0.4 is 10.6 Å². The molecule has 0 bridgehead atoms. The number of aryl methyl sites for hydroxylation is 1. The van der Waals surface area contributed by atoms with E-state index in [-0.39, 0.29) is 17.6 Å². The van der Waals surface area contributed by atoms with Gasteiger partial charge >= 0.3 is 0 Å². The Kier molecular flexibility index (Phi) is 6.13. The third kappa shape index (κ3) is 4.72. The second-order valence-corrected chi connectivity index (χ2v) is 7.60. The first-order chi connectivity index (χ1) is 13.9. The molecule has 0 fully saturated rings. The summed E-state index contributed by atoms with van der Waals surface area (Å²) in [6.45, 7) is 5.78. The monoisotopic (exact) mass is 389 g/mol. The molecule has 2 N–H and O–H groups in total. The van der Waals surface area contributed by atoms with Crippen LogP contribution >= 0.6 is 0 Å². The van der Waals surface area contributed by atoms with E-state index in [0.29, 0.717) is 23.2 Å². The van der Waals surface area contributed by atoms with Gasteiger partial charge < -0.3 is 10.6 Å². The third-order valence-electron chi connectivity index (χ3n) is 4.82. The Bertz CT molecular complexity index is 1090. The van der Waals surface area contributed by atoms with E-state index in [1.807, 2.05) is 30.3 Å². The molecule has 0 aliphatic rings. The molecule has 0 saturated heterocycles. The number of carbonyl (C=O) groups excluding carboxylic acids is 1. The van der Waals surface area contributed by atoms with Gasteiger partial charge in [-0.25, -0.2) is 4.39 Å². The van der Waals surface area contributed by atoms with Crippen molar-refractivity contribution in [2.24, 2.45) is 5.92 Å². The fraction of sp³-hybridized carbons (Fsp3) is 0.250. The molecule has 0 aliphatic carbocycles. The normalized spacial score (nSPS) is 11.9. The third-order valence-corrected chi connectivity index (χ3v) is 4.82. The maximum absolute atomic E-state index is 13.5. The smallest absolute Gasteiger partial charge is 0.246 e. The van der Waals surface area contributed by atoms with E-state index in [1.54, 1.807) is 25.1 Å². The number of halogens is 1. The van der Waals surface area contributed by atoms with Gasteiger partial charge in [-0.2, -0.15) is 5.26 Å².